The molecule has 2 aliphatic rings. The van der Waals surface area contributed by atoms with Crippen molar-refractivity contribution in [1.29, 1.82) is 0 Å². The molecule has 1 saturated heterocycles. The van der Waals surface area contributed by atoms with Crippen molar-refractivity contribution in [3.8, 4) is 0 Å². The minimum Gasteiger partial charge on any atom is -0.481 e. The van der Waals surface area contributed by atoms with Gasteiger partial charge in [-0.05, 0) is 32.1 Å². The lowest BCUT2D eigenvalue weighted by Gasteiger charge is -2.47. The molecule has 1 amide bonds. The fourth-order valence-electron chi connectivity index (χ4n) is 3.22. The first-order valence-electron chi connectivity index (χ1n) is 7.41. The molecule has 0 radical (unpaired) electrons. The standard InChI is InChI=1S/C14H24N2O4/c1-3-20-14(19)15-11-6-10(13(17)18)7-16(8-11)12-5-4-9(12)2/h9-12H,3-8H2,1-2H3,(H,15,19)(H,17,18). The van der Waals surface area contributed by atoms with E-state index in [-0.39, 0.29) is 6.04 Å². The first kappa shape index (κ1) is 15.1. The van der Waals surface area contributed by atoms with E-state index < -0.39 is 18.0 Å². The Hall–Kier alpha value is -1.30. The molecule has 1 aliphatic heterocycles. The summed E-state index contributed by atoms with van der Waals surface area (Å²) in [7, 11) is 0. The molecule has 6 nitrogen and oxygen atoms in total. The number of hydrogen-bond acceptors (Lipinski definition) is 4. The summed E-state index contributed by atoms with van der Waals surface area (Å²) in [4.78, 5) is 25.0. The molecule has 4 atom stereocenters. The minimum absolute atomic E-state index is 0.142. The maximum atomic E-state index is 11.5. The number of ether oxygens (including phenoxy) is 1. The second-order valence-electron chi connectivity index (χ2n) is 5.91. The van der Waals surface area contributed by atoms with Crippen LogP contribution in [0.15, 0.2) is 0 Å². The van der Waals surface area contributed by atoms with Gasteiger partial charge in [0.1, 0.15) is 0 Å². The molecule has 1 heterocycles. The molecular weight excluding hydrogens is 260 g/mol. The average Bonchev–Trinajstić information content (AvgIpc) is 2.36. The third kappa shape index (κ3) is 3.42. The summed E-state index contributed by atoms with van der Waals surface area (Å²) in [5.74, 6) is -0.577. The first-order chi connectivity index (χ1) is 9.51. The molecule has 0 aromatic carbocycles. The van der Waals surface area contributed by atoms with E-state index in [0.717, 1.165) is 13.0 Å². The number of rotatable bonds is 4. The van der Waals surface area contributed by atoms with Crippen molar-refractivity contribution in [2.45, 2.75) is 45.2 Å². The highest BCUT2D eigenvalue weighted by Gasteiger charge is 2.39. The van der Waals surface area contributed by atoms with Gasteiger partial charge in [0, 0.05) is 25.2 Å². The van der Waals surface area contributed by atoms with Gasteiger partial charge in [0.2, 0.25) is 0 Å². The summed E-state index contributed by atoms with van der Waals surface area (Å²) in [5, 5.41) is 12.1. The number of carboxylic acid groups (broad SMARTS) is 1. The van der Waals surface area contributed by atoms with Gasteiger partial charge >= 0.3 is 12.1 Å². The number of nitrogens with one attached hydrogen (secondary N) is 1. The van der Waals surface area contributed by atoms with Crippen molar-refractivity contribution in [2.24, 2.45) is 11.8 Å². The van der Waals surface area contributed by atoms with E-state index in [1.54, 1.807) is 6.92 Å². The molecule has 1 aliphatic carbocycles. The molecule has 20 heavy (non-hydrogen) atoms. The van der Waals surface area contributed by atoms with Crippen LogP contribution in [-0.4, -0.2) is 53.8 Å². The van der Waals surface area contributed by atoms with E-state index in [1.807, 2.05) is 0 Å². The SMILES string of the molecule is CCOC(=O)NC1CC(C(=O)O)CN(C2CCC2C)C1. The van der Waals surface area contributed by atoms with Crippen LogP contribution in [0.4, 0.5) is 4.79 Å². The number of carbonyl (C=O) groups is 2. The zero-order valence-electron chi connectivity index (χ0n) is 12.2. The topological polar surface area (TPSA) is 78.9 Å². The van der Waals surface area contributed by atoms with Gasteiger partial charge in [0.15, 0.2) is 0 Å². The van der Waals surface area contributed by atoms with Crippen molar-refractivity contribution in [2.75, 3.05) is 19.7 Å². The maximum absolute atomic E-state index is 11.5. The summed E-state index contributed by atoms with van der Waals surface area (Å²) in [6, 6.07) is 0.320. The Kier molecular flexibility index (Phi) is 4.86. The van der Waals surface area contributed by atoms with Crippen LogP contribution in [0.25, 0.3) is 0 Å². The second kappa shape index (κ2) is 6.43. The van der Waals surface area contributed by atoms with E-state index in [1.165, 1.54) is 6.42 Å². The quantitative estimate of drug-likeness (QED) is 0.813. The number of piperidine rings is 1. The van der Waals surface area contributed by atoms with Gasteiger partial charge < -0.3 is 15.2 Å². The van der Waals surface area contributed by atoms with E-state index in [0.29, 0.717) is 31.5 Å². The highest BCUT2D eigenvalue weighted by molar-refractivity contribution is 5.71. The van der Waals surface area contributed by atoms with E-state index in [9.17, 15) is 14.7 Å². The molecular formula is C14H24N2O4. The lowest BCUT2D eigenvalue weighted by atomic mass is 9.78. The first-order valence-corrected chi connectivity index (χ1v) is 7.41. The molecule has 0 aromatic rings. The third-order valence-corrected chi connectivity index (χ3v) is 4.47. The van der Waals surface area contributed by atoms with Crippen molar-refractivity contribution < 1.29 is 19.4 Å². The van der Waals surface area contributed by atoms with Crippen LogP contribution in [0.2, 0.25) is 0 Å². The zero-order valence-corrected chi connectivity index (χ0v) is 12.2. The second-order valence-corrected chi connectivity index (χ2v) is 5.91. The van der Waals surface area contributed by atoms with Crippen LogP contribution in [0, 0.1) is 11.8 Å². The fourth-order valence-corrected chi connectivity index (χ4v) is 3.22. The van der Waals surface area contributed by atoms with Crippen LogP contribution in [0.5, 0.6) is 0 Å². The van der Waals surface area contributed by atoms with E-state index >= 15 is 0 Å². The predicted octanol–water partition coefficient (Wildman–Crippen LogP) is 1.31. The Morgan fingerprint density at radius 2 is 2.10 bits per heavy atom. The van der Waals surface area contributed by atoms with Crippen molar-refractivity contribution in [3.05, 3.63) is 0 Å². The predicted molar refractivity (Wildman–Crippen MR) is 73.4 cm³/mol. The highest BCUT2D eigenvalue weighted by Crippen LogP contribution is 2.34. The van der Waals surface area contributed by atoms with E-state index in [2.05, 4.69) is 17.1 Å². The molecule has 0 bridgehead atoms. The third-order valence-electron chi connectivity index (χ3n) is 4.47. The minimum atomic E-state index is -0.780. The molecule has 1 saturated carbocycles. The fraction of sp³-hybridized carbons (Fsp3) is 0.857. The van der Waals surface area contributed by atoms with Gasteiger partial charge in [0.05, 0.1) is 12.5 Å². The summed E-state index contributed by atoms with van der Waals surface area (Å²) in [6.45, 7) is 5.59. The summed E-state index contributed by atoms with van der Waals surface area (Å²) in [5.41, 5.74) is 0. The number of aliphatic carboxylic acids is 1. The Labute approximate surface area is 119 Å². The lowest BCUT2D eigenvalue weighted by molar-refractivity contribution is -0.145. The van der Waals surface area contributed by atoms with Gasteiger partial charge in [-0.25, -0.2) is 4.79 Å². The van der Waals surface area contributed by atoms with Crippen molar-refractivity contribution in [3.63, 3.8) is 0 Å². The Bertz CT molecular complexity index is 374. The average molecular weight is 284 g/mol. The van der Waals surface area contributed by atoms with Gasteiger partial charge in [-0.3, -0.25) is 9.69 Å². The van der Waals surface area contributed by atoms with Crippen LogP contribution < -0.4 is 5.32 Å². The largest absolute Gasteiger partial charge is 0.481 e. The number of likely N-dealkylation sites (tertiary alicyclic amines) is 1. The van der Waals surface area contributed by atoms with Crippen LogP contribution in [0.1, 0.15) is 33.1 Å². The molecule has 114 valence electrons. The van der Waals surface area contributed by atoms with Crippen LogP contribution >= 0.6 is 0 Å². The normalized spacial score (nSPS) is 34.1. The van der Waals surface area contributed by atoms with Crippen molar-refractivity contribution in [1.82, 2.24) is 10.2 Å². The van der Waals surface area contributed by atoms with Crippen molar-refractivity contribution >= 4 is 12.1 Å². The Balaban J connectivity index is 1.97. The zero-order chi connectivity index (χ0) is 14.7. The number of hydrogen-bond donors (Lipinski definition) is 2. The molecule has 0 spiro atoms. The summed E-state index contributed by atoms with van der Waals surface area (Å²) >= 11 is 0. The van der Waals surface area contributed by atoms with Gasteiger partial charge in [-0.1, -0.05) is 6.92 Å². The number of alkyl carbamates (subject to hydrolysis) is 1. The Morgan fingerprint density at radius 3 is 2.60 bits per heavy atom. The summed E-state index contributed by atoms with van der Waals surface area (Å²) < 4.78 is 4.88. The van der Waals surface area contributed by atoms with Gasteiger partial charge in [-0.2, -0.15) is 0 Å². The molecule has 0 aromatic heterocycles. The van der Waals surface area contributed by atoms with Gasteiger partial charge in [0.25, 0.3) is 0 Å². The Morgan fingerprint density at radius 1 is 1.35 bits per heavy atom. The highest BCUT2D eigenvalue weighted by atomic mass is 16.5. The van der Waals surface area contributed by atoms with E-state index in [4.69, 9.17) is 4.74 Å². The number of amides is 1. The number of carboxylic acids is 1. The van der Waals surface area contributed by atoms with Crippen LogP contribution in [0.3, 0.4) is 0 Å². The van der Waals surface area contributed by atoms with Crippen LogP contribution in [-0.2, 0) is 9.53 Å². The summed E-state index contributed by atoms with van der Waals surface area (Å²) in [6.07, 6.45) is 2.35. The molecule has 4 unspecified atom stereocenters. The van der Waals surface area contributed by atoms with Gasteiger partial charge in [-0.15, -0.1) is 0 Å². The number of nitrogens with zero attached hydrogens (tertiary/aromatic N) is 1. The molecule has 2 rings (SSSR count). The maximum Gasteiger partial charge on any atom is 0.407 e. The molecule has 2 fully saturated rings. The smallest absolute Gasteiger partial charge is 0.407 e. The number of carbonyl (C=O) groups excluding carboxylic acids is 1. The monoisotopic (exact) mass is 284 g/mol. The molecule has 2 N–H and O–H groups in total. The molecule has 6 heteroatoms. The lowest BCUT2D eigenvalue weighted by Crippen LogP contribution is -2.58.